The van der Waals surface area contributed by atoms with Gasteiger partial charge in [-0.15, -0.1) is 0 Å². The highest BCUT2D eigenvalue weighted by Gasteiger charge is 2.37. The highest BCUT2D eigenvalue weighted by Crippen LogP contribution is 2.30. The number of hydrogen-bond acceptors (Lipinski definition) is 2. The van der Waals surface area contributed by atoms with Crippen molar-refractivity contribution >= 4 is 0 Å². The molecule has 1 aliphatic heterocycles. The van der Waals surface area contributed by atoms with Gasteiger partial charge < -0.3 is 4.90 Å². The van der Waals surface area contributed by atoms with Gasteiger partial charge in [-0.3, -0.25) is 4.90 Å². The fourth-order valence-electron chi connectivity index (χ4n) is 1.66. The molecule has 1 heterocycles. The first-order valence-electron chi connectivity index (χ1n) is 4.15. The van der Waals surface area contributed by atoms with Gasteiger partial charge in [0.05, 0.1) is 12.2 Å². The van der Waals surface area contributed by atoms with Crippen LogP contribution in [0.15, 0.2) is 12.3 Å². The largest absolute Gasteiger partial charge is 0.364 e. The Kier molecular flexibility index (Phi) is 1.97. The molecule has 0 radical (unpaired) electrons. The summed E-state index contributed by atoms with van der Waals surface area (Å²) in [6.45, 7) is 12.8. The molecule has 0 aromatic carbocycles. The summed E-state index contributed by atoms with van der Waals surface area (Å²) in [6, 6.07) is 0. The first kappa shape index (κ1) is 8.60. The molecule has 1 rings (SSSR count). The summed E-state index contributed by atoms with van der Waals surface area (Å²) in [5.41, 5.74) is 1.38. The van der Waals surface area contributed by atoms with E-state index >= 15 is 0 Å². The molecule has 0 N–H and O–H groups in total. The normalized spacial score (nSPS) is 24.7. The Bertz CT molecular complexity index is 172. The predicted octanol–water partition coefficient (Wildman–Crippen LogP) is 1.50. The van der Waals surface area contributed by atoms with E-state index in [4.69, 9.17) is 0 Å². The molecule has 1 fully saturated rings. The van der Waals surface area contributed by atoms with E-state index in [-0.39, 0.29) is 5.54 Å². The van der Waals surface area contributed by atoms with Crippen LogP contribution in [0, 0.1) is 0 Å². The Hall–Kier alpha value is -0.500. The van der Waals surface area contributed by atoms with Crippen LogP contribution in [0.5, 0.6) is 0 Å². The summed E-state index contributed by atoms with van der Waals surface area (Å²) in [5.74, 6) is 0. The number of rotatable bonds is 1. The van der Waals surface area contributed by atoms with Gasteiger partial charge in [0.15, 0.2) is 0 Å². The van der Waals surface area contributed by atoms with Gasteiger partial charge in [0.1, 0.15) is 0 Å². The molecule has 2 heteroatoms. The van der Waals surface area contributed by atoms with Crippen molar-refractivity contribution in [1.29, 1.82) is 0 Å². The lowest BCUT2D eigenvalue weighted by Gasteiger charge is -2.28. The zero-order valence-corrected chi connectivity index (χ0v) is 8.02. The molecule has 0 atom stereocenters. The molecule has 0 aromatic rings. The summed E-state index contributed by atoms with van der Waals surface area (Å²) >= 11 is 0. The molecule has 2 nitrogen and oxygen atoms in total. The highest BCUT2D eigenvalue weighted by atomic mass is 15.4. The van der Waals surface area contributed by atoms with E-state index in [1.54, 1.807) is 0 Å². The maximum atomic E-state index is 4.07. The van der Waals surface area contributed by atoms with Gasteiger partial charge in [-0.2, -0.15) is 0 Å². The van der Waals surface area contributed by atoms with Crippen LogP contribution in [0.1, 0.15) is 20.8 Å². The van der Waals surface area contributed by atoms with Crippen LogP contribution in [0.2, 0.25) is 0 Å². The van der Waals surface area contributed by atoms with E-state index in [0.717, 1.165) is 13.2 Å². The Morgan fingerprint density at radius 1 is 1.55 bits per heavy atom. The third kappa shape index (κ3) is 1.16. The summed E-state index contributed by atoms with van der Waals surface area (Å²) in [5, 5.41) is 0. The molecule has 0 amide bonds. The third-order valence-corrected chi connectivity index (χ3v) is 2.72. The van der Waals surface area contributed by atoms with Gasteiger partial charge in [0, 0.05) is 12.7 Å². The zero-order valence-electron chi connectivity index (χ0n) is 8.02. The van der Waals surface area contributed by atoms with Crippen LogP contribution < -0.4 is 0 Å². The number of nitrogens with zero attached hydrogens (tertiary/aromatic N) is 2. The molecule has 0 spiro atoms. The average Bonchev–Trinajstić information content (AvgIpc) is 2.13. The van der Waals surface area contributed by atoms with Gasteiger partial charge in [-0.25, -0.2) is 0 Å². The Morgan fingerprint density at radius 2 is 2.09 bits per heavy atom. The van der Waals surface area contributed by atoms with Gasteiger partial charge >= 0.3 is 0 Å². The SMILES string of the molecule is C=C1N(C)CN(CC)C1(C)C. The predicted molar refractivity (Wildman–Crippen MR) is 48.2 cm³/mol. The first-order chi connectivity index (χ1) is 5.00. The monoisotopic (exact) mass is 154 g/mol. The van der Waals surface area contributed by atoms with Crippen LogP contribution in [0.4, 0.5) is 0 Å². The second-order valence-electron chi connectivity index (χ2n) is 3.70. The Morgan fingerprint density at radius 3 is 2.27 bits per heavy atom. The van der Waals surface area contributed by atoms with Crippen LogP contribution in [0.25, 0.3) is 0 Å². The van der Waals surface area contributed by atoms with E-state index in [2.05, 4.69) is 44.2 Å². The average molecular weight is 154 g/mol. The number of hydrogen-bond donors (Lipinski definition) is 0. The lowest BCUT2D eigenvalue weighted by atomic mass is 10.0. The van der Waals surface area contributed by atoms with E-state index in [0.29, 0.717) is 0 Å². The summed E-state index contributed by atoms with van der Waals surface area (Å²) < 4.78 is 0. The summed E-state index contributed by atoms with van der Waals surface area (Å²) in [4.78, 5) is 4.62. The summed E-state index contributed by atoms with van der Waals surface area (Å²) in [6.07, 6.45) is 0. The maximum Gasteiger partial charge on any atom is 0.0708 e. The van der Waals surface area contributed by atoms with E-state index < -0.39 is 0 Å². The van der Waals surface area contributed by atoms with Crippen molar-refractivity contribution in [1.82, 2.24) is 9.80 Å². The minimum atomic E-state index is 0.156. The molecule has 11 heavy (non-hydrogen) atoms. The van der Waals surface area contributed by atoms with Crippen molar-refractivity contribution in [2.45, 2.75) is 26.3 Å². The van der Waals surface area contributed by atoms with Crippen molar-refractivity contribution in [2.24, 2.45) is 0 Å². The van der Waals surface area contributed by atoms with Crippen molar-refractivity contribution in [2.75, 3.05) is 20.3 Å². The summed E-state index contributed by atoms with van der Waals surface area (Å²) in [7, 11) is 2.10. The van der Waals surface area contributed by atoms with Gasteiger partial charge in [-0.05, 0) is 20.4 Å². The molecule has 0 unspecified atom stereocenters. The first-order valence-corrected chi connectivity index (χ1v) is 4.15. The molecule has 64 valence electrons. The van der Waals surface area contributed by atoms with Gasteiger partial charge in [0.2, 0.25) is 0 Å². The van der Waals surface area contributed by atoms with Crippen molar-refractivity contribution < 1.29 is 0 Å². The van der Waals surface area contributed by atoms with Crippen LogP contribution in [-0.2, 0) is 0 Å². The fraction of sp³-hybridized carbons (Fsp3) is 0.778. The molecule has 0 aliphatic carbocycles. The lowest BCUT2D eigenvalue weighted by molar-refractivity contribution is 0.192. The number of likely N-dealkylation sites (N-methyl/N-ethyl adjacent to an activating group) is 2. The van der Waals surface area contributed by atoms with Crippen molar-refractivity contribution in [3.8, 4) is 0 Å². The van der Waals surface area contributed by atoms with Crippen molar-refractivity contribution in [3.63, 3.8) is 0 Å². The molecule has 1 saturated heterocycles. The lowest BCUT2D eigenvalue weighted by Crippen LogP contribution is -2.38. The molecular weight excluding hydrogens is 136 g/mol. The topological polar surface area (TPSA) is 6.48 Å². The third-order valence-electron chi connectivity index (χ3n) is 2.72. The molecule has 1 aliphatic rings. The van der Waals surface area contributed by atoms with Crippen molar-refractivity contribution in [3.05, 3.63) is 12.3 Å². The van der Waals surface area contributed by atoms with E-state index in [9.17, 15) is 0 Å². The van der Waals surface area contributed by atoms with Crippen LogP contribution in [-0.4, -0.2) is 35.6 Å². The zero-order chi connectivity index (χ0) is 8.65. The molecule has 0 saturated carbocycles. The Labute approximate surface area is 69.5 Å². The Balaban J connectivity index is 2.82. The fourth-order valence-corrected chi connectivity index (χ4v) is 1.66. The minimum Gasteiger partial charge on any atom is -0.364 e. The van der Waals surface area contributed by atoms with Crippen LogP contribution >= 0.6 is 0 Å². The standard InChI is InChI=1S/C9H18N2/c1-6-11-7-10(5)8(2)9(11,3)4/h2,6-7H2,1,3-5H3. The quantitative estimate of drug-likeness (QED) is 0.565. The molecule has 0 bridgehead atoms. The molecular formula is C9H18N2. The smallest absolute Gasteiger partial charge is 0.0708 e. The molecule has 0 aromatic heterocycles. The second-order valence-corrected chi connectivity index (χ2v) is 3.70. The highest BCUT2D eigenvalue weighted by molar-refractivity contribution is 5.16. The minimum absolute atomic E-state index is 0.156. The van der Waals surface area contributed by atoms with Crippen LogP contribution in [0.3, 0.4) is 0 Å². The van der Waals surface area contributed by atoms with E-state index in [1.165, 1.54) is 5.70 Å². The van der Waals surface area contributed by atoms with Gasteiger partial charge in [0.25, 0.3) is 0 Å². The van der Waals surface area contributed by atoms with E-state index in [1.807, 2.05) is 0 Å². The second kappa shape index (κ2) is 2.52. The van der Waals surface area contributed by atoms with Gasteiger partial charge in [-0.1, -0.05) is 13.5 Å². The maximum absolute atomic E-state index is 4.07.